The van der Waals surface area contributed by atoms with E-state index in [0.717, 1.165) is 37.2 Å². The fourth-order valence-electron chi connectivity index (χ4n) is 5.19. The largest absolute Gasteiger partial charge is 0.490 e. The maximum Gasteiger partial charge on any atom is 0.490 e. The van der Waals surface area contributed by atoms with Crippen LogP contribution in [0.3, 0.4) is 0 Å². The van der Waals surface area contributed by atoms with E-state index in [1.807, 2.05) is 61.5 Å². The second-order valence-corrected chi connectivity index (χ2v) is 9.83. The molecule has 0 saturated carbocycles. The number of rotatable bonds is 4. The van der Waals surface area contributed by atoms with Crippen molar-refractivity contribution in [2.45, 2.75) is 32.4 Å². The summed E-state index contributed by atoms with van der Waals surface area (Å²) in [6.07, 6.45) is -0.722. The zero-order valence-electron chi connectivity index (χ0n) is 21.7. The number of anilines is 1. The zero-order chi connectivity index (χ0) is 28.1. The monoisotopic (exact) mass is 534 g/mol. The molecular formula is C27H33F3N4O4. The number of carbonyl (C=O) groups is 3. The molecule has 2 aliphatic rings. The predicted molar refractivity (Wildman–Crippen MR) is 136 cm³/mol. The maximum absolute atomic E-state index is 13.4. The molecule has 0 aliphatic carbocycles. The highest BCUT2D eigenvalue weighted by Gasteiger charge is 2.54. The van der Waals surface area contributed by atoms with Crippen molar-refractivity contribution in [3.8, 4) is 0 Å². The molecule has 1 aromatic heterocycles. The van der Waals surface area contributed by atoms with E-state index in [0.29, 0.717) is 19.6 Å². The molecule has 2 fully saturated rings. The Labute approximate surface area is 220 Å². The summed E-state index contributed by atoms with van der Waals surface area (Å²) in [6.45, 7) is 4.78. The number of alkyl halides is 3. The summed E-state index contributed by atoms with van der Waals surface area (Å²) in [4.78, 5) is 46.0. The lowest BCUT2D eigenvalue weighted by molar-refractivity contribution is -0.192. The van der Waals surface area contributed by atoms with Crippen molar-refractivity contribution in [1.82, 2.24) is 14.8 Å². The molecule has 8 nitrogen and oxygen atoms in total. The number of fused-ring (bicyclic) bond motifs is 1. The minimum absolute atomic E-state index is 0.0621. The quantitative estimate of drug-likeness (QED) is 0.643. The highest BCUT2D eigenvalue weighted by molar-refractivity contribution is 5.94. The van der Waals surface area contributed by atoms with Crippen molar-refractivity contribution in [3.63, 3.8) is 0 Å². The fraction of sp³-hybridized carbons (Fsp3) is 0.481. The smallest absolute Gasteiger partial charge is 0.475 e. The van der Waals surface area contributed by atoms with Crippen molar-refractivity contribution < 1.29 is 32.7 Å². The lowest BCUT2D eigenvalue weighted by Gasteiger charge is -2.34. The Morgan fingerprint density at radius 2 is 1.76 bits per heavy atom. The summed E-state index contributed by atoms with van der Waals surface area (Å²) < 4.78 is 31.7. The normalized spacial score (nSPS) is 21.1. The molecule has 2 aliphatic heterocycles. The molecule has 3 heterocycles. The van der Waals surface area contributed by atoms with Crippen LogP contribution >= 0.6 is 0 Å². The third-order valence-electron chi connectivity index (χ3n) is 7.13. The summed E-state index contributed by atoms with van der Waals surface area (Å²) in [6, 6.07) is 13.8. The van der Waals surface area contributed by atoms with Gasteiger partial charge in [-0.25, -0.2) is 9.78 Å². The number of aryl methyl sites for hydroxylation is 1. The van der Waals surface area contributed by atoms with Gasteiger partial charge in [0.1, 0.15) is 5.82 Å². The molecule has 206 valence electrons. The first-order valence-electron chi connectivity index (χ1n) is 12.4. The van der Waals surface area contributed by atoms with Gasteiger partial charge >= 0.3 is 12.1 Å². The molecule has 2 aromatic rings. The third-order valence-corrected chi connectivity index (χ3v) is 7.13. The molecule has 11 heteroatoms. The molecule has 2 amide bonds. The molecule has 2 saturated heterocycles. The molecule has 0 radical (unpaired) electrons. The second-order valence-electron chi connectivity index (χ2n) is 9.83. The van der Waals surface area contributed by atoms with E-state index in [9.17, 15) is 22.8 Å². The lowest BCUT2D eigenvalue weighted by Crippen LogP contribution is -2.47. The van der Waals surface area contributed by atoms with Crippen LogP contribution in [-0.4, -0.2) is 84.1 Å². The number of hydrogen-bond acceptors (Lipinski definition) is 5. The van der Waals surface area contributed by atoms with Crippen LogP contribution in [0.4, 0.5) is 19.0 Å². The summed E-state index contributed by atoms with van der Waals surface area (Å²) >= 11 is 0. The highest BCUT2D eigenvalue weighted by Crippen LogP contribution is 2.45. The molecule has 38 heavy (non-hydrogen) atoms. The molecule has 2 atom stereocenters. The Hall–Kier alpha value is -3.63. The van der Waals surface area contributed by atoms with Crippen LogP contribution in [0.1, 0.15) is 35.7 Å². The zero-order valence-corrected chi connectivity index (χ0v) is 21.7. The van der Waals surface area contributed by atoms with Crippen molar-refractivity contribution in [3.05, 3.63) is 59.8 Å². The van der Waals surface area contributed by atoms with Crippen LogP contribution in [-0.2, 0) is 16.0 Å². The van der Waals surface area contributed by atoms with Gasteiger partial charge in [-0.15, -0.1) is 0 Å². The number of hydrogen-bond donors (Lipinski definition) is 1. The molecular weight excluding hydrogens is 501 g/mol. The van der Waals surface area contributed by atoms with Gasteiger partial charge < -0.3 is 19.8 Å². The number of halogens is 3. The number of benzene rings is 1. The minimum atomic E-state index is -5.08. The topological polar surface area (TPSA) is 94.1 Å². The van der Waals surface area contributed by atoms with Gasteiger partial charge in [0.25, 0.3) is 5.91 Å². The molecule has 1 N–H and O–H groups in total. The van der Waals surface area contributed by atoms with Crippen molar-refractivity contribution in [2.24, 2.45) is 11.3 Å². The number of amides is 2. The summed E-state index contributed by atoms with van der Waals surface area (Å²) in [5, 5.41) is 7.12. The van der Waals surface area contributed by atoms with E-state index < -0.39 is 17.6 Å². The van der Waals surface area contributed by atoms with Crippen molar-refractivity contribution in [2.75, 3.05) is 45.2 Å². The number of aromatic nitrogens is 1. The molecule has 1 aromatic carbocycles. The van der Waals surface area contributed by atoms with Crippen LogP contribution in [0.5, 0.6) is 0 Å². The van der Waals surface area contributed by atoms with E-state index in [1.165, 1.54) is 5.56 Å². The molecule has 0 bridgehead atoms. The van der Waals surface area contributed by atoms with E-state index in [2.05, 4.69) is 16.8 Å². The summed E-state index contributed by atoms with van der Waals surface area (Å²) in [7, 11) is 3.67. The first-order chi connectivity index (χ1) is 17.9. The number of nitrogens with zero attached hydrogens (tertiary/aromatic N) is 4. The van der Waals surface area contributed by atoms with E-state index in [-0.39, 0.29) is 17.7 Å². The fourth-order valence-corrected chi connectivity index (χ4v) is 5.19. The van der Waals surface area contributed by atoms with Gasteiger partial charge in [-0.05, 0) is 49.1 Å². The Balaban J connectivity index is 0.000000505. The van der Waals surface area contributed by atoms with Gasteiger partial charge in [0, 0.05) is 58.0 Å². The molecule has 0 spiro atoms. The van der Waals surface area contributed by atoms with Crippen LogP contribution in [0.15, 0.2) is 48.7 Å². The standard InChI is InChI=1S/C25H32N4O2.C2HF3O2/c1-4-19-9-11-20(12-10-19)23(30)28-15-7-13-25(24(31)27(2)3)18-29(17-21(25)16-28)22-8-5-6-14-26-22;3-2(4,5)1(6)7/h5-6,8-12,14,21H,4,7,13,15-18H2,1-3H3;(H,6,7)/t21-,25-;/m0./s1. The van der Waals surface area contributed by atoms with Crippen LogP contribution in [0, 0.1) is 11.3 Å². The number of carboxylic acid groups (broad SMARTS) is 1. The minimum Gasteiger partial charge on any atom is -0.475 e. The first-order valence-corrected chi connectivity index (χ1v) is 12.4. The van der Waals surface area contributed by atoms with Crippen molar-refractivity contribution in [1.29, 1.82) is 0 Å². The summed E-state index contributed by atoms with van der Waals surface area (Å²) in [5.74, 6) is -1.56. The van der Waals surface area contributed by atoms with Crippen LogP contribution < -0.4 is 4.90 Å². The average Bonchev–Trinajstić information content (AvgIpc) is 3.16. The lowest BCUT2D eigenvalue weighted by atomic mass is 9.74. The number of carboxylic acids is 1. The SMILES string of the molecule is CCc1ccc(C(=O)N2CCC[C@]3(C(=O)N(C)C)CN(c4ccccn4)C[C@@H]3C2)cc1.O=C(O)C(F)(F)F. The van der Waals surface area contributed by atoms with Gasteiger partial charge in [0.2, 0.25) is 5.91 Å². The number of carbonyl (C=O) groups excluding carboxylic acids is 2. The number of likely N-dealkylation sites (tertiary alicyclic amines) is 1. The Bertz CT molecular complexity index is 1130. The van der Waals surface area contributed by atoms with Crippen molar-refractivity contribution >= 4 is 23.6 Å². The van der Waals surface area contributed by atoms with E-state index >= 15 is 0 Å². The maximum atomic E-state index is 13.4. The van der Waals surface area contributed by atoms with Gasteiger partial charge in [-0.1, -0.05) is 25.1 Å². The Kier molecular flexibility index (Phi) is 9.01. The second kappa shape index (κ2) is 11.8. The molecule has 0 unspecified atom stereocenters. The predicted octanol–water partition coefficient (Wildman–Crippen LogP) is 3.72. The number of pyridine rings is 1. The first kappa shape index (κ1) is 28.9. The Morgan fingerprint density at radius 1 is 1.11 bits per heavy atom. The van der Waals surface area contributed by atoms with Gasteiger partial charge in [-0.2, -0.15) is 13.2 Å². The third kappa shape index (κ3) is 6.43. The van der Waals surface area contributed by atoms with E-state index in [4.69, 9.17) is 9.90 Å². The van der Waals surface area contributed by atoms with Gasteiger partial charge in [0.05, 0.1) is 5.41 Å². The van der Waals surface area contributed by atoms with Gasteiger partial charge in [-0.3, -0.25) is 9.59 Å². The van der Waals surface area contributed by atoms with Gasteiger partial charge in [0.15, 0.2) is 0 Å². The van der Waals surface area contributed by atoms with Crippen LogP contribution in [0.2, 0.25) is 0 Å². The Morgan fingerprint density at radius 3 is 2.29 bits per heavy atom. The summed E-state index contributed by atoms with van der Waals surface area (Å²) in [5.41, 5.74) is 1.47. The molecule has 4 rings (SSSR count). The number of aliphatic carboxylic acids is 1. The highest BCUT2D eigenvalue weighted by atomic mass is 19.4. The average molecular weight is 535 g/mol. The van der Waals surface area contributed by atoms with Crippen LogP contribution in [0.25, 0.3) is 0 Å². The van der Waals surface area contributed by atoms with E-state index in [1.54, 1.807) is 11.1 Å².